The molecule has 0 aliphatic carbocycles. The number of nitrogens with one attached hydrogen (secondary N) is 1. The first-order valence-corrected chi connectivity index (χ1v) is 8.29. The Labute approximate surface area is 167 Å². The number of carbonyl (C=O) groups is 1. The number of carboxylic acids is 1. The number of halogens is 2. The van der Waals surface area contributed by atoms with Gasteiger partial charge in [-0.2, -0.15) is 0 Å². The summed E-state index contributed by atoms with van der Waals surface area (Å²) in [6.45, 7) is 0.604. The van der Waals surface area contributed by atoms with Crippen LogP contribution >= 0.6 is 24.8 Å². The molecule has 26 heavy (non-hydrogen) atoms. The van der Waals surface area contributed by atoms with Gasteiger partial charge in [0.2, 0.25) is 0 Å². The number of aliphatic hydroxyl groups excluding tert-OH is 1. The van der Waals surface area contributed by atoms with Crippen LogP contribution in [0.1, 0.15) is 36.8 Å². The SMILES string of the molecule is Cl.Cl.[B]C(CCCO)C(N)(CCC1Cc2ccc(O)cc2CN1)C(=O)O. The van der Waals surface area contributed by atoms with Gasteiger partial charge in [-0.3, -0.25) is 4.79 Å². The van der Waals surface area contributed by atoms with Gasteiger partial charge in [-0.05, 0) is 54.8 Å². The van der Waals surface area contributed by atoms with Crippen molar-refractivity contribution < 1.29 is 20.1 Å². The van der Waals surface area contributed by atoms with Crippen LogP contribution in [0.25, 0.3) is 0 Å². The summed E-state index contributed by atoms with van der Waals surface area (Å²) >= 11 is 0. The van der Waals surface area contributed by atoms with Crippen molar-refractivity contribution in [1.29, 1.82) is 0 Å². The van der Waals surface area contributed by atoms with E-state index in [4.69, 9.17) is 18.7 Å². The molecule has 0 spiro atoms. The van der Waals surface area contributed by atoms with E-state index in [1.165, 1.54) is 0 Å². The van der Waals surface area contributed by atoms with Crippen LogP contribution in [0.4, 0.5) is 0 Å². The van der Waals surface area contributed by atoms with Crippen molar-refractivity contribution in [1.82, 2.24) is 5.32 Å². The van der Waals surface area contributed by atoms with Gasteiger partial charge in [0.25, 0.3) is 0 Å². The lowest BCUT2D eigenvalue weighted by atomic mass is 9.66. The quantitative estimate of drug-likeness (QED) is 0.419. The molecule has 3 unspecified atom stereocenters. The van der Waals surface area contributed by atoms with Crippen molar-refractivity contribution >= 4 is 38.6 Å². The predicted octanol–water partition coefficient (Wildman–Crippen LogP) is 1.54. The number of aliphatic carboxylic acids is 1. The summed E-state index contributed by atoms with van der Waals surface area (Å²) in [6, 6.07) is 5.43. The lowest BCUT2D eigenvalue weighted by Gasteiger charge is -2.34. The van der Waals surface area contributed by atoms with Crippen LogP contribution in [-0.4, -0.2) is 47.3 Å². The van der Waals surface area contributed by atoms with Crippen LogP contribution in [0.5, 0.6) is 5.75 Å². The van der Waals surface area contributed by atoms with Crippen molar-refractivity contribution in [2.75, 3.05) is 6.61 Å². The zero-order valence-corrected chi connectivity index (χ0v) is 16.2. The van der Waals surface area contributed by atoms with Crippen LogP contribution in [0.2, 0.25) is 5.82 Å². The van der Waals surface area contributed by atoms with E-state index in [0.717, 1.165) is 17.5 Å². The highest BCUT2D eigenvalue weighted by atomic mass is 35.5. The van der Waals surface area contributed by atoms with Gasteiger partial charge in [-0.15, -0.1) is 24.8 Å². The maximum atomic E-state index is 11.6. The zero-order chi connectivity index (χ0) is 17.7. The van der Waals surface area contributed by atoms with Crippen molar-refractivity contribution in [3.8, 4) is 5.75 Å². The van der Waals surface area contributed by atoms with Crippen LogP contribution in [0, 0.1) is 0 Å². The highest BCUT2D eigenvalue weighted by Gasteiger charge is 2.39. The number of rotatable bonds is 8. The molecule has 2 rings (SSSR count). The van der Waals surface area contributed by atoms with E-state index in [1.807, 2.05) is 6.07 Å². The molecular formula is C17H27BCl2N2O4. The smallest absolute Gasteiger partial charge is 0.323 e. The Kier molecular flexibility index (Phi) is 10.6. The molecule has 6 N–H and O–H groups in total. The molecule has 0 amide bonds. The first-order valence-electron chi connectivity index (χ1n) is 8.29. The van der Waals surface area contributed by atoms with Gasteiger partial charge in [0.05, 0.1) is 7.85 Å². The van der Waals surface area contributed by atoms with E-state index in [-0.39, 0.29) is 49.6 Å². The van der Waals surface area contributed by atoms with Crippen molar-refractivity contribution in [2.24, 2.45) is 5.73 Å². The first kappa shape index (κ1) is 25.0. The Bertz CT molecular complexity index is 594. The maximum absolute atomic E-state index is 11.6. The molecule has 0 saturated heterocycles. The van der Waals surface area contributed by atoms with E-state index in [9.17, 15) is 15.0 Å². The summed E-state index contributed by atoms with van der Waals surface area (Å²) in [4.78, 5) is 11.6. The monoisotopic (exact) mass is 404 g/mol. The Balaban J connectivity index is 0.00000312. The normalized spacial score (nSPS) is 19.2. The van der Waals surface area contributed by atoms with Crippen LogP contribution < -0.4 is 11.1 Å². The topological polar surface area (TPSA) is 116 Å². The fourth-order valence-electron chi connectivity index (χ4n) is 3.20. The van der Waals surface area contributed by atoms with Gasteiger partial charge in [0.15, 0.2) is 0 Å². The molecular weight excluding hydrogens is 378 g/mol. The number of hydrogen-bond donors (Lipinski definition) is 5. The minimum Gasteiger partial charge on any atom is -0.508 e. The molecule has 1 aromatic rings. The first-order chi connectivity index (χ1) is 11.4. The molecule has 1 heterocycles. The molecule has 0 fully saturated rings. The predicted molar refractivity (Wildman–Crippen MR) is 107 cm³/mol. The molecule has 6 nitrogen and oxygen atoms in total. The van der Waals surface area contributed by atoms with E-state index in [2.05, 4.69) is 5.32 Å². The zero-order valence-electron chi connectivity index (χ0n) is 14.6. The lowest BCUT2D eigenvalue weighted by Crippen LogP contribution is -2.53. The number of aromatic hydroxyl groups is 1. The van der Waals surface area contributed by atoms with Gasteiger partial charge in [0, 0.05) is 19.2 Å². The second kappa shape index (κ2) is 11.0. The lowest BCUT2D eigenvalue weighted by molar-refractivity contribution is -0.144. The van der Waals surface area contributed by atoms with Gasteiger partial charge in [-0.1, -0.05) is 12.5 Å². The minimum absolute atomic E-state index is 0. The van der Waals surface area contributed by atoms with Gasteiger partial charge in [0.1, 0.15) is 11.3 Å². The summed E-state index contributed by atoms with van der Waals surface area (Å²) in [5.41, 5.74) is 6.81. The number of aliphatic hydroxyl groups is 1. The van der Waals surface area contributed by atoms with E-state index in [0.29, 0.717) is 25.8 Å². The van der Waals surface area contributed by atoms with Crippen LogP contribution in [0.3, 0.4) is 0 Å². The molecule has 1 aliphatic rings. The summed E-state index contributed by atoms with van der Waals surface area (Å²) in [7, 11) is 5.98. The second-order valence-electron chi connectivity index (χ2n) is 6.59. The maximum Gasteiger partial charge on any atom is 0.323 e. The van der Waals surface area contributed by atoms with Crippen molar-refractivity contribution in [2.45, 2.75) is 56.0 Å². The summed E-state index contributed by atoms with van der Waals surface area (Å²) < 4.78 is 0. The number of carboxylic acid groups (broad SMARTS) is 1. The Morgan fingerprint density at radius 3 is 2.69 bits per heavy atom. The summed E-state index contributed by atoms with van der Waals surface area (Å²) in [5, 5.41) is 31.3. The number of hydrogen-bond acceptors (Lipinski definition) is 5. The fourth-order valence-corrected chi connectivity index (χ4v) is 3.20. The fraction of sp³-hybridized carbons (Fsp3) is 0.588. The highest BCUT2D eigenvalue weighted by molar-refractivity contribution is 6.15. The molecule has 146 valence electrons. The standard InChI is InChI=1S/C17H25BN2O4.2ClH/c18-15(2-1-7-21)17(19,16(23)24)6-5-13-8-11-3-4-14(22)9-12(11)10-20-13;;/h3-4,9,13,15,20-22H,1-2,5-8,10,19H2,(H,23,24);2*1H. The Morgan fingerprint density at radius 2 is 2.08 bits per heavy atom. The largest absolute Gasteiger partial charge is 0.508 e. The minimum atomic E-state index is -1.49. The summed E-state index contributed by atoms with van der Waals surface area (Å²) in [5.74, 6) is -1.56. The number of benzene rings is 1. The number of phenolic OH excluding ortho intramolecular Hbond substituents is 1. The molecule has 1 aliphatic heterocycles. The molecule has 3 atom stereocenters. The molecule has 1 aromatic carbocycles. The second-order valence-corrected chi connectivity index (χ2v) is 6.59. The van der Waals surface area contributed by atoms with Gasteiger partial charge < -0.3 is 26.4 Å². The third-order valence-electron chi connectivity index (χ3n) is 4.88. The molecule has 0 saturated carbocycles. The average molecular weight is 405 g/mol. The Hall–Kier alpha value is -0.985. The van der Waals surface area contributed by atoms with E-state index >= 15 is 0 Å². The van der Waals surface area contributed by atoms with Gasteiger partial charge >= 0.3 is 5.97 Å². The highest BCUT2D eigenvalue weighted by Crippen LogP contribution is 2.30. The Morgan fingerprint density at radius 1 is 1.38 bits per heavy atom. The van der Waals surface area contributed by atoms with E-state index < -0.39 is 17.3 Å². The molecule has 0 aromatic heterocycles. The summed E-state index contributed by atoms with van der Waals surface area (Å²) in [6.07, 6.45) is 2.43. The number of phenols is 1. The third-order valence-corrected chi connectivity index (χ3v) is 4.88. The van der Waals surface area contributed by atoms with Crippen LogP contribution in [-0.2, 0) is 17.8 Å². The van der Waals surface area contributed by atoms with Crippen LogP contribution in [0.15, 0.2) is 18.2 Å². The molecule has 9 heteroatoms. The van der Waals surface area contributed by atoms with Crippen molar-refractivity contribution in [3.63, 3.8) is 0 Å². The average Bonchev–Trinajstić information content (AvgIpc) is 2.57. The number of nitrogens with two attached hydrogens (primary N) is 1. The number of fused-ring (bicyclic) bond motifs is 1. The molecule has 0 bridgehead atoms. The van der Waals surface area contributed by atoms with E-state index in [1.54, 1.807) is 12.1 Å². The third kappa shape index (κ3) is 6.03. The molecule has 2 radical (unpaired) electrons. The van der Waals surface area contributed by atoms with Gasteiger partial charge in [-0.25, -0.2) is 0 Å². The van der Waals surface area contributed by atoms with Crippen molar-refractivity contribution in [3.05, 3.63) is 29.3 Å².